The van der Waals surface area contributed by atoms with Crippen LogP contribution in [0.1, 0.15) is 10.4 Å². The van der Waals surface area contributed by atoms with Crippen LogP contribution in [-0.2, 0) is 0 Å². The fraction of sp³-hybridized carbons (Fsp3) is 0.300. The van der Waals surface area contributed by atoms with Crippen molar-refractivity contribution in [1.29, 1.82) is 0 Å². The fourth-order valence-electron chi connectivity index (χ4n) is 1.01. The highest BCUT2D eigenvalue weighted by Crippen LogP contribution is 2.12. The van der Waals surface area contributed by atoms with Gasteiger partial charge in [0.2, 0.25) is 5.91 Å². The van der Waals surface area contributed by atoms with Gasteiger partial charge in [0.15, 0.2) is 0 Å². The molecule has 14 heavy (non-hydrogen) atoms. The maximum atomic E-state index is 10.8. The van der Waals surface area contributed by atoms with Gasteiger partial charge in [-0.15, -0.1) is 0 Å². The summed E-state index contributed by atoms with van der Waals surface area (Å²) in [6, 6.07) is 6.84. The van der Waals surface area contributed by atoms with E-state index in [4.69, 9.17) is 10.5 Å². The van der Waals surface area contributed by atoms with Gasteiger partial charge in [0.05, 0.1) is 0 Å². The molecule has 1 aromatic rings. The number of rotatable bonds is 5. The summed E-state index contributed by atoms with van der Waals surface area (Å²) in [6.07, 6.45) is 0. The summed E-state index contributed by atoms with van der Waals surface area (Å²) in [7, 11) is 1.85. The van der Waals surface area contributed by atoms with Gasteiger partial charge in [0, 0.05) is 12.1 Å². The molecule has 0 saturated heterocycles. The molecule has 4 nitrogen and oxygen atoms in total. The summed E-state index contributed by atoms with van der Waals surface area (Å²) in [5, 5.41) is 2.96. The lowest BCUT2D eigenvalue weighted by molar-refractivity contribution is 0.1000. The highest BCUT2D eigenvalue weighted by atomic mass is 16.5. The third kappa shape index (κ3) is 3.06. The van der Waals surface area contributed by atoms with E-state index in [9.17, 15) is 4.79 Å². The van der Waals surface area contributed by atoms with Gasteiger partial charge < -0.3 is 15.8 Å². The third-order valence-corrected chi connectivity index (χ3v) is 1.74. The van der Waals surface area contributed by atoms with Crippen LogP contribution in [0.2, 0.25) is 0 Å². The topological polar surface area (TPSA) is 64.3 Å². The van der Waals surface area contributed by atoms with E-state index in [1.165, 1.54) is 0 Å². The highest BCUT2D eigenvalue weighted by Gasteiger charge is 2.01. The average Bonchev–Trinajstić information content (AvgIpc) is 2.19. The fourth-order valence-corrected chi connectivity index (χ4v) is 1.01. The van der Waals surface area contributed by atoms with Crippen LogP contribution in [0.3, 0.4) is 0 Å². The van der Waals surface area contributed by atoms with Crippen LogP contribution < -0.4 is 15.8 Å². The molecule has 0 spiro atoms. The Balaban J connectivity index is 2.59. The minimum atomic E-state index is -0.441. The molecule has 0 aliphatic rings. The van der Waals surface area contributed by atoms with Crippen molar-refractivity contribution in [1.82, 2.24) is 5.32 Å². The molecule has 0 fully saturated rings. The van der Waals surface area contributed by atoms with E-state index in [2.05, 4.69) is 5.32 Å². The van der Waals surface area contributed by atoms with Crippen molar-refractivity contribution in [2.24, 2.45) is 5.73 Å². The SMILES string of the molecule is CNCCOc1cccc(C(N)=O)c1. The zero-order valence-electron chi connectivity index (χ0n) is 8.12. The molecule has 0 radical (unpaired) electrons. The van der Waals surface area contributed by atoms with Crippen LogP contribution in [0.15, 0.2) is 24.3 Å². The summed E-state index contributed by atoms with van der Waals surface area (Å²) in [5.74, 6) is 0.223. The van der Waals surface area contributed by atoms with E-state index in [0.717, 1.165) is 6.54 Å². The number of nitrogens with one attached hydrogen (secondary N) is 1. The highest BCUT2D eigenvalue weighted by molar-refractivity contribution is 5.93. The predicted molar refractivity (Wildman–Crippen MR) is 54.4 cm³/mol. The number of hydrogen-bond acceptors (Lipinski definition) is 3. The molecular formula is C10H14N2O2. The van der Waals surface area contributed by atoms with E-state index in [-0.39, 0.29) is 0 Å². The Bertz CT molecular complexity index is 313. The van der Waals surface area contributed by atoms with Crippen molar-refractivity contribution in [2.45, 2.75) is 0 Å². The lowest BCUT2D eigenvalue weighted by atomic mass is 10.2. The number of primary amides is 1. The van der Waals surface area contributed by atoms with E-state index in [0.29, 0.717) is 17.9 Å². The standard InChI is InChI=1S/C10H14N2O2/c1-12-5-6-14-9-4-2-3-8(7-9)10(11)13/h2-4,7,12H,5-6H2,1H3,(H2,11,13). The van der Waals surface area contributed by atoms with Gasteiger partial charge in [-0.3, -0.25) is 4.79 Å². The normalized spacial score (nSPS) is 9.79. The Morgan fingerprint density at radius 2 is 2.36 bits per heavy atom. The van der Waals surface area contributed by atoms with Gasteiger partial charge >= 0.3 is 0 Å². The van der Waals surface area contributed by atoms with Crippen LogP contribution in [0.5, 0.6) is 5.75 Å². The minimum Gasteiger partial charge on any atom is -0.492 e. The van der Waals surface area contributed by atoms with Crippen molar-refractivity contribution >= 4 is 5.91 Å². The van der Waals surface area contributed by atoms with Gasteiger partial charge in [-0.05, 0) is 25.2 Å². The summed E-state index contributed by atoms with van der Waals surface area (Å²) >= 11 is 0. The number of amides is 1. The quantitative estimate of drug-likeness (QED) is 0.666. The summed E-state index contributed by atoms with van der Waals surface area (Å²) in [4.78, 5) is 10.8. The van der Waals surface area contributed by atoms with Crippen LogP contribution >= 0.6 is 0 Å². The Labute approximate surface area is 83.1 Å². The first-order valence-corrected chi connectivity index (χ1v) is 4.41. The van der Waals surface area contributed by atoms with Crippen LogP contribution in [0.4, 0.5) is 0 Å². The second-order valence-corrected chi connectivity index (χ2v) is 2.84. The van der Waals surface area contributed by atoms with Gasteiger partial charge in [-0.1, -0.05) is 6.07 Å². The van der Waals surface area contributed by atoms with E-state index in [1.54, 1.807) is 24.3 Å². The molecule has 0 aromatic heterocycles. The number of likely N-dealkylation sites (N-methyl/N-ethyl adjacent to an activating group) is 1. The minimum absolute atomic E-state index is 0.441. The Morgan fingerprint density at radius 1 is 1.57 bits per heavy atom. The molecular weight excluding hydrogens is 180 g/mol. The molecule has 0 atom stereocenters. The van der Waals surface area contributed by atoms with Crippen molar-refractivity contribution in [3.63, 3.8) is 0 Å². The smallest absolute Gasteiger partial charge is 0.248 e. The molecule has 1 amide bonds. The number of carbonyl (C=O) groups excluding carboxylic acids is 1. The van der Waals surface area contributed by atoms with Crippen molar-refractivity contribution < 1.29 is 9.53 Å². The van der Waals surface area contributed by atoms with Gasteiger partial charge in [0.1, 0.15) is 12.4 Å². The van der Waals surface area contributed by atoms with Crippen LogP contribution in [0.25, 0.3) is 0 Å². The Kier molecular flexibility index (Phi) is 3.94. The first-order valence-electron chi connectivity index (χ1n) is 4.41. The predicted octanol–water partition coefficient (Wildman–Crippen LogP) is 0.384. The maximum Gasteiger partial charge on any atom is 0.248 e. The molecule has 76 valence electrons. The van der Waals surface area contributed by atoms with Crippen LogP contribution in [0, 0.1) is 0 Å². The molecule has 0 aliphatic heterocycles. The van der Waals surface area contributed by atoms with Crippen LogP contribution in [-0.4, -0.2) is 26.1 Å². The first kappa shape index (κ1) is 10.5. The summed E-state index contributed by atoms with van der Waals surface area (Å²) < 4.78 is 5.37. The summed E-state index contributed by atoms with van der Waals surface area (Å²) in [5.41, 5.74) is 5.60. The lowest BCUT2D eigenvalue weighted by Gasteiger charge is -2.05. The maximum absolute atomic E-state index is 10.8. The van der Waals surface area contributed by atoms with E-state index < -0.39 is 5.91 Å². The zero-order valence-corrected chi connectivity index (χ0v) is 8.12. The monoisotopic (exact) mass is 194 g/mol. The van der Waals surface area contributed by atoms with E-state index >= 15 is 0 Å². The average molecular weight is 194 g/mol. The molecule has 0 heterocycles. The molecule has 0 aliphatic carbocycles. The molecule has 0 saturated carbocycles. The Morgan fingerprint density at radius 3 is 3.00 bits per heavy atom. The molecule has 0 unspecified atom stereocenters. The third-order valence-electron chi connectivity index (χ3n) is 1.74. The Hall–Kier alpha value is -1.55. The number of hydrogen-bond donors (Lipinski definition) is 2. The summed E-state index contributed by atoms with van der Waals surface area (Å²) in [6.45, 7) is 1.33. The number of carbonyl (C=O) groups is 1. The molecule has 1 rings (SSSR count). The van der Waals surface area contributed by atoms with Crippen molar-refractivity contribution in [3.05, 3.63) is 29.8 Å². The van der Waals surface area contributed by atoms with Gasteiger partial charge in [0.25, 0.3) is 0 Å². The molecule has 0 bridgehead atoms. The first-order chi connectivity index (χ1) is 6.74. The van der Waals surface area contributed by atoms with Gasteiger partial charge in [-0.2, -0.15) is 0 Å². The second kappa shape index (κ2) is 5.24. The number of nitrogens with two attached hydrogens (primary N) is 1. The van der Waals surface area contributed by atoms with E-state index in [1.807, 2.05) is 7.05 Å². The largest absolute Gasteiger partial charge is 0.492 e. The van der Waals surface area contributed by atoms with Crippen molar-refractivity contribution in [2.75, 3.05) is 20.2 Å². The number of benzene rings is 1. The second-order valence-electron chi connectivity index (χ2n) is 2.84. The number of ether oxygens (including phenoxy) is 1. The lowest BCUT2D eigenvalue weighted by Crippen LogP contribution is -2.16. The van der Waals surface area contributed by atoms with Gasteiger partial charge in [-0.25, -0.2) is 0 Å². The molecule has 4 heteroatoms. The molecule has 3 N–H and O–H groups in total. The van der Waals surface area contributed by atoms with Crippen molar-refractivity contribution in [3.8, 4) is 5.75 Å². The zero-order chi connectivity index (χ0) is 10.4. The molecule has 1 aromatic carbocycles.